The SMILES string of the molecule is CCc1c(CC(=O)O)nnn1C(CC)CO. The number of aliphatic hydroxyl groups is 1. The van der Waals surface area contributed by atoms with Gasteiger partial charge in [-0.05, 0) is 12.8 Å². The van der Waals surface area contributed by atoms with E-state index in [1.54, 1.807) is 4.68 Å². The van der Waals surface area contributed by atoms with E-state index >= 15 is 0 Å². The summed E-state index contributed by atoms with van der Waals surface area (Å²) in [6.45, 7) is 3.85. The molecule has 2 N–H and O–H groups in total. The van der Waals surface area contributed by atoms with E-state index in [0.717, 1.165) is 12.1 Å². The molecule has 0 radical (unpaired) electrons. The quantitative estimate of drug-likeness (QED) is 0.735. The fourth-order valence-electron chi connectivity index (χ4n) is 1.67. The summed E-state index contributed by atoms with van der Waals surface area (Å²) in [6, 6.07) is -0.120. The van der Waals surface area contributed by atoms with Crippen LogP contribution in [-0.2, 0) is 17.6 Å². The summed E-state index contributed by atoms with van der Waals surface area (Å²) >= 11 is 0. The van der Waals surface area contributed by atoms with Crippen molar-refractivity contribution >= 4 is 5.97 Å². The first-order chi connectivity index (χ1) is 7.63. The highest BCUT2D eigenvalue weighted by molar-refractivity contribution is 5.69. The lowest BCUT2D eigenvalue weighted by Crippen LogP contribution is -2.17. The van der Waals surface area contributed by atoms with Crippen molar-refractivity contribution in [2.45, 2.75) is 39.2 Å². The number of hydrogen-bond donors (Lipinski definition) is 2. The normalized spacial score (nSPS) is 12.7. The van der Waals surface area contributed by atoms with Crippen LogP contribution in [0.3, 0.4) is 0 Å². The van der Waals surface area contributed by atoms with E-state index in [-0.39, 0.29) is 19.1 Å². The number of hydrogen-bond acceptors (Lipinski definition) is 4. The minimum atomic E-state index is -0.918. The minimum absolute atomic E-state index is 0.0145. The Hall–Kier alpha value is -1.43. The number of carboxylic acids is 1. The van der Waals surface area contributed by atoms with Gasteiger partial charge in [0.2, 0.25) is 0 Å². The van der Waals surface area contributed by atoms with Crippen LogP contribution in [0.25, 0.3) is 0 Å². The molecule has 16 heavy (non-hydrogen) atoms. The molecule has 0 aliphatic carbocycles. The van der Waals surface area contributed by atoms with Gasteiger partial charge >= 0.3 is 5.97 Å². The molecule has 1 aromatic rings. The van der Waals surface area contributed by atoms with Gasteiger partial charge in [0.25, 0.3) is 0 Å². The van der Waals surface area contributed by atoms with Gasteiger partial charge in [-0.1, -0.05) is 19.1 Å². The molecule has 1 atom stereocenters. The van der Waals surface area contributed by atoms with Gasteiger partial charge in [0.05, 0.1) is 30.5 Å². The van der Waals surface area contributed by atoms with E-state index in [4.69, 9.17) is 5.11 Å². The molecule has 0 saturated heterocycles. The van der Waals surface area contributed by atoms with Crippen molar-refractivity contribution in [2.75, 3.05) is 6.61 Å². The number of aliphatic carboxylic acids is 1. The van der Waals surface area contributed by atoms with E-state index in [1.807, 2.05) is 13.8 Å². The molecular formula is C10H17N3O3. The summed E-state index contributed by atoms with van der Waals surface area (Å²) in [5.74, 6) is -0.918. The maximum Gasteiger partial charge on any atom is 0.309 e. The first kappa shape index (κ1) is 12.6. The van der Waals surface area contributed by atoms with Crippen LogP contribution in [0.2, 0.25) is 0 Å². The van der Waals surface area contributed by atoms with Crippen molar-refractivity contribution < 1.29 is 15.0 Å². The Labute approximate surface area is 93.9 Å². The molecule has 6 heteroatoms. The molecule has 1 aromatic heterocycles. The van der Waals surface area contributed by atoms with Crippen molar-refractivity contribution in [1.82, 2.24) is 15.0 Å². The molecule has 0 saturated carbocycles. The molecule has 1 rings (SSSR count). The van der Waals surface area contributed by atoms with Gasteiger partial charge in [-0.3, -0.25) is 4.79 Å². The van der Waals surface area contributed by atoms with E-state index in [2.05, 4.69) is 10.3 Å². The molecule has 90 valence electrons. The third-order valence-corrected chi connectivity index (χ3v) is 2.55. The summed E-state index contributed by atoms with van der Waals surface area (Å²) < 4.78 is 1.64. The Morgan fingerprint density at radius 2 is 2.19 bits per heavy atom. The van der Waals surface area contributed by atoms with Gasteiger partial charge in [-0.25, -0.2) is 4.68 Å². The Balaban J connectivity index is 3.02. The predicted octanol–water partition coefficient (Wildman–Crippen LogP) is 0.411. The third kappa shape index (κ3) is 2.57. The topological polar surface area (TPSA) is 88.2 Å². The van der Waals surface area contributed by atoms with Crippen molar-refractivity contribution in [3.8, 4) is 0 Å². The summed E-state index contributed by atoms with van der Waals surface area (Å²) in [7, 11) is 0. The van der Waals surface area contributed by atoms with Gasteiger partial charge < -0.3 is 10.2 Å². The van der Waals surface area contributed by atoms with Crippen molar-refractivity contribution in [3.63, 3.8) is 0 Å². The fourth-order valence-corrected chi connectivity index (χ4v) is 1.67. The fraction of sp³-hybridized carbons (Fsp3) is 0.700. The van der Waals surface area contributed by atoms with Crippen molar-refractivity contribution in [2.24, 2.45) is 0 Å². The van der Waals surface area contributed by atoms with Crippen LogP contribution >= 0.6 is 0 Å². The predicted molar refractivity (Wildman–Crippen MR) is 57.2 cm³/mol. The van der Waals surface area contributed by atoms with Crippen LogP contribution in [0.4, 0.5) is 0 Å². The Kier molecular flexibility index (Phi) is 4.42. The largest absolute Gasteiger partial charge is 0.481 e. The molecular weight excluding hydrogens is 210 g/mol. The zero-order valence-corrected chi connectivity index (χ0v) is 9.55. The lowest BCUT2D eigenvalue weighted by atomic mass is 10.1. The van der Waals surface area contributed by atoms with Gasteiger partial charge in [0, 0.05) is 0 Å². The minimum Gasteiger partial charge on any atom is -0.481 e. The zero-order valence-electron chi connectivity index (χ0n) is 9.55. The van der Waals surface area contributed by atoms with Crippen LogP contribution in [0.15, 0.2) is 0 Å². The number of rotatable bonds is 6. The van der Waals surface area contributed by atoms with Crippen LogP contribution in [0.5, 0.6) is 0 Å². The second kappa shape index (κ2) is 5.60. The molecule has 0 spiro atoms. The van der Waals surface area contributed by atoms with Crippen LogP contribution in [0, 0.1) is 0 Å². The van der Waals surface area contributed by atoms with E-state index in [9.17, 15) is 9.90 Å². The molecule has 0 fully saturated rings. The number of aromatic nitrogens is 3. The molecule has 0 amide bonds. The van der Waals surface area contributed by atoms with Crippen molar-refractivity contribution in [1.29, 1.82) is 0 Å². The molecule has 0 aliphatic heterocycles. The average Bonchev–Trinajstić information content (AvgIpc) is 2.62. The van der Waals surface area contributed by atoms with Crippen LogP contribution in [-0.4, -0.2) is 37.8 Å². The van der Waals surface area contributed by atoms with Crippen molar-refractivity contribution in [3.05, 3.63) is 11.4 Å². The Morgan fingerprint density at radius 1 is 1.50 bits per heavy atom. The first-order valence-electron chi connectivity index (χ1n) is 5.39. The number of aliphatic hydroxyl groups excluding tert-OH is 1. The second-order valence-electron chi connectivity index (χ2n) is 3.60. The molecule has 0 aromatic carbocycles. The number of carbonyl (C=O) groups is 1. The lowest BCUT2D eigenvalue weighted by molar-refractivity contribution is -0.136. The highest BCUT2D eigenvalue weighted by Gasteiger charge is 2.18. The molecule has 0 aliphatic rings. The first-order valence-corrected chi connectivity index (χ1v) is 5.39. The van der Waals surface area contributed by atoms with E-state index in [0.29, 0.717) is 12.1 Å². The standard InChI is InChI=1S/C10H17N3O3/c1-3-7(6-14)13-9(4-2)8(11-12-13)5-10(15)16/h7,14H,3-6H2,1-2H3,(H,15,16). The monoisotopic (exact) mass is 227 g/mol. The Morgan fingerprint density at radius 3 is 2.62 bits per heavy atom. The molecule has 6 nitrogen and oxygen atoms in total. The van der Waals surface area contributed by atoms with Gasteiger partial charge in [0.15, 0.2) is 0 Å². The summed E-state index contributed by atoms with van der Waals surface area (Å²) in [5.41, 5.74) is 1.28. The zero-order chi connectivity index (χ0) is 12.1. The van der Waals surface area contributed by atoms with Crippen LogP contribution < -0.4 is 0 Å². The van der Waals surface area contributed by atoms with Gasteiger partial charge in [-0.2, -0.15) is 0 Å². The van der Waals surface area contributed by atoms with E-state index in [1.165, 1.54) is 0 Å². The maximum atomic E-state index is 10.6. The average molecular weight is 227 g/mol. The number of carboxylic acid groups (broad SMARTS) is 1. The Bertz CT molecular complexity index is 358. The summed E-state index contributed by atoms with van der Waals surface area (Å²) in [4.78, 5) is 10.6. The molecule has 0 bridgehead atoms. The maximum absolute atomic E-state index is 10.6. The lowest BCUT2D eigenvalue weighted by Gasteiger charge is -2.14. The highest BCUT2D eigenvalue weighted by Crippen LogP contribution is 2.15. The van der Waals surface area contributed by atoms with Gasteiger partial charge in [0.1, 0.15) is 0 Å². The molecule has 1 heterocycles. The third-order valence-electron chi connectivity index (χ3n) is 2.55. The highest BCUT2D eigenvalue weighted by atomic mass is 16.4. The second-order valence-corrected chi connectivity index (χ2v) is 3.60. The summed E-state index contributed by atoms with van der Waals surface area (Å²) in [5, 5.41) is 25.7. The number of nitrogens with zero attached hydrogens (tertiary/aromatic N) is 3. The van der Waals surface area contributed by atoms with Crippen LogP contribution in [0.1, 0.15) is 37.7 Å². The van der Waals surface area contributed by atoms with E-state index < -0.39 is 5.97 Å². The smallest absolute Gasteiger partial charge is 0.309 e. The molecule has 1 unspecified atom stereocenters. The summed E-state index contributed by atoms with van der Waals surface area (Å²) in [6.07, 6.45) is 1.27. The van der Waals surface area contributed by atoms with Gasteiger partial charge in [-0.15, -0.1) is 5.10 Å².